The second-order valence-electron chi connectivity index (χ2n) is 5.86. The van der Waals surface area contributed by atoms with Crippen LogP contribution >= 0.6 is 0 Å². The molecule has 1 unspecified atom stereocenters. The Kier molecular flexibility index (Phi) is 6.05. The molecule has 1 aromatic rings. The Morgan fingerprint density at radius 2 is 2.24 bits per heavy atom. The summed E-state index contributed by atoms with van der Waals surface area (Å²) in [5.41, 5.74) is 2.46. The van der Waals surface area contributed by atoms with Crippen LogP contribution in [0.4, 0.5) is 0 Å². The number of nitrogens with one attached hydrogen (secondary N) is 2. The third-order valence-electron chi connectivity index (χ3n) is 4.06. The van der Waals surface area contributed by atoms with E-state index in [1.807, 2.05) is 18.2 Å². The minimum Gasteiger partial charge on any atom is -0.493 e. The molecule has 1 aliphatic rings. The van der Waals surface area contributed by atoms with Gasteiger partial charge in [-0.25, -0.2) is 0 Å². The number of ether oxygens (including phenoxy) is 1. The molecule has 0 aliphatic carbocycles. The van der Waals surface area contributed by atoms with E-state index in [9.17, 15) is 4.79 Å². The van der Waals surface area contributed by atoms with E-state index in [4.69, 9.17) is 4.74 Å². The van der Waals surface area contributed by atoms with Crippen molar-refractivity contribution in [1.29, 1.82) is 0 Å². The number of carbonyl (C=O) groups excluding carboxylic acids is 1. The number of piperidine rings is 1. The topological polar surface area (TPSA) is 50.4 Å². The number of hydrogen-bond acceptors (Lipinski definition) is 3. The fourth-order valence-electron chi connectivity index (χ4n) is 2.51. The quantitative estimate of drug-likeness (QED) is 0.844. The molecule has 2 rings (SSSR count). The van der Waals surface area contributed by atoms with Crippen molar-refractivity contribution in [2.24, 2.45) is 5.92 Å². The maximum Gasteiger partial charge on any atom is 0.223 e. The van der Waals surface area contributed by atoms with Crippen LogP contribution in [0, 0.1) is 19.8 Å². The summed E-state index contributed by atoms with van der Waals surface area (Å²) in [5.74, 6) is 1.48. The summed E-state index contributed by atoms with van der Waals surface area (Å²) in [4.78, 5) is 11.8. The van der Waals surface area contributed by atoms with E-state index >= 15 is 0 Å². The van der Waals surface area contributed by atoms with Crippen LogP contribution in [0.15, 0.2) is 18.2 Å². The van der Waals surface area contributed by atoms with E-state index in [1.54, 1.807) is 0 Å². The average molecular weight is 290 g/mol. The predicted molar refractivity (Wildman–Crippen MR) is 84.6 cm³/mol. The number of amides is 1. The van der Waals surface area contributed by atoms with Crippen LogP contribution in [-0.4, -0.2) is 32.1 Å². The van der Waals surface area contributed by atoms with Crippen molar-refractivity contribution in [3.63, 3.8) is 0 Å². The lowest BCUT2D eigenvalue weighted by Crippen LogP contribution is -2.38. The fraction of sp³-hybridized carbons (Fsp3) is 0.588. The zero-order chi connectivity index (χ0) is 15.1. The minimum absolute atomic E-state index is 0.0735. The third-order valence-corrected chi connectivity index (χ3v) is 4.06. The van der Waals surface area contributed by atoms with Crippen LogP contribution in [0.2, 0.25) is 0 Å². The van der Waals surface area contributed by atoms with Gasteiger partial charge in [0, 0.05) is 6.54 Å². The summed E-state index contributed by atoms with van der Waals surface area (Å²) in [6.07, 6.45) is 2.82. The molecule has 116 valence electrons. The summed E-state index contributed by atoms with van der Waals surface area (Å²) in [6.45, 7) is 7.46. The van der Waals surface area contributed by atoms with E-state index in [-0.39, 0.29) is 5.91 Å². The number of hydrogen-bond donors (Lipinski definition) is 2. The molecular weight excluding hydrogens is 264 g/mol. The van der Waals surface area contributed by atoms with Crippen molar-refractivity contribution in [3.8, 4) is 5.75 Å². The van der Waals surface area contributed by atoms with Gasteiger partial charge in [0.1, 0.15) is 5.75 Å². The molecule has 0 spiro atoms. The van der Waals surface area contributed by atoms with Gasteiger partial charge < -0.3 is 15.4 Å². The van der Waals surface area contributed by atoms with Crippen molar-refractivity contribution in [1.82, 2.24) is 10.6 Å². The molecule has 1 aliphatic heterocycles. The third kappa shape index (κ3) is 5.38. The second-order valence-corrected chi connectivity index (χ2v) is 5.86. The Morgan fingerprint density at radius 1 is 1.38 bits per heavy atom. The van der Waals surface area contributed by atoms with Crippen molar-refractivity contribution < 1.29 is 9.53 Å². The summed E-state index contributed by atoms with van der Waals surface area (Å²) >= 11 is 0. The Bertz CT molecular complexity index is 468. The molecule has 4 nitrogen and oxygen atoms in total. The molecule has 2 N–H and O–H groups in total. The number of rotatable bonds is 6. The van der Waals surface area contributed by atoms with Gasteiger partial charge in [0.15, 0.2) is 0 Å². The standard InChI is InChI=1S/C17H26N2O2/c1-13-5-6-16(10-14(13)2)21-9-7-17(20)19-12-15-4-3-8-18-11-15/h5-6,10,15,18H,3-4,7-9,11-12H2,1-2H3,(H,19,20). The van der Waals surface area contributed by atoms with Crippen molar-refractivity contribution in [3.05, 3.63) is 29.3 Å². The molecule has 0 radical (unpaired) electrons. The lowest BCUT2D eigenvalue weighted by atomic mass is 10.00. The maximum absolute atomic E-state index is 11.8. The molecule has 0 aromatic heterocycles. The molecule has 1 amide bonds. The summed E-state index contributed by atoms with van der Waals surface area (Å²) in [7, 11) is 0. The van der Waals surface area contributed by atoms with Gasteiger partial charge in [-0.15, -0.1) is 0 Å². The highest BCUT2D eigenvalue weighted by Crippen LogP contribution is 2.16. The summed E-state index contributed by atoms with van der Waals surface area (Å²) < 4.78 is 5.63. The average Bonchev–Trinajstić information content (AvgIpc) is 2.50. The van der Waals surface area contributed by atoms with Crippen LogP contribution in [0.5, 0.6) is 5.75 Å². The molecule has 4 heteroatoms. The number of carbonyl (C=O) groups is 1. The highest BCUT2D eigenvalue weighted by molar-refractivity contribution is 5.75. The lowest BCUT2D eigenvalue weighted by molar-refractivity contribution is -0.121. The van der Waals surface area contributed by atoms with E-state index in [2.05, 4.69) is 24.5 Å². The molecule has 1 fully saturated rings. The first-order valence-corrected chi connectivity index (χ1v) is 7.82. The highest BCUT2D eigenvalue weighted by Gasteiger charge is 2.13. The summed E-state index contributed by atoms with van der Waals surface area (Å²) in [5, 5.41) is 6.36. The van der Waals surface area contributed by atoms with E-state index in [1.165, 1.54) is 24.0 Å². The molecule has 1 heterocycles. The van der Waals surface area contributed by atoms with Gasteiger partial charge >= 0.3 is 0 Å². The Balaban J connectivity index is 1.63. The van der Waals surface area contributed by atoms with E-state index in [0.717, 1.165) is 25.4 Å². The van der Waals surface area contributed by atoms with Gasteiger partial charge in [0.05, 0.1) is 13.0 Å². The van der Waals surface area contributed by atoms with E-state index < -0.39 is 0 Å². The lowest BCUT2D eigenvalue weighted by Gasteiger charge is -2.22. The first-order chi connectivity index (χ1) is 10.1. The van der Waals surface area contributed by atoms with Gasteiger partial charge in [-0.3, -0.25) is 4.79 Å². The zero-order valence-corrected chi connectivity index (χ0v) is 13.1. The van der Waals surface area contributed by atoms with Crippen LogP contribution in [0.25, 0.3) is 0 Å². The Hall–Kier alpha value is -1.55. The fourth-order valence-corrected chi connectivity index (χ4v) is 2.51. The normalized spacial score (nSPS) is 18.3. The van der Waals surface area contributed by atoms with Crippen molar-refractivity contribution in [2.45, 2.75) is 33.1 Å². The minimum atomic E-state index is 0.0735. The SMILES string of the molecule is Cc1ccc(OCCC(=O)NCC2CCCNC2)cc1C. The van der Waals surface area contributed by atoms with Gasteiger partial charge in [-0.1, -0.05) is 6.07 Å². The van der Waals surface area contributed by atoms with Gasteiger partial charge in [0.2, 0.25) is 5.91 Å². The monoisotopic (exact) mass is 290 g/mol. The van der Waals surface area contributed by atoms with E-state index in [0.29, 0.717) is 18.9 Å². The molecular formula is C17H26N2O2. The number of benzene rings is 1. The number of aryl methyl sites for hydroxylation is 2. The molecule has 1 aromatic carbocycles. The van der Waals surface area contributed by atoms with Gasteiger partial charge in [0.25, 0.3) is 0 Å². The van der Waals surface area contributed by atoms with Gasteiger partial charge in [-0.2, -0.15) is 0 Å². The Morgan fingerprint density at radius 3 is 2.95 bits per heavy atom. The molecule has 1 atom stereocenters. The largest absolute Gasteiger partial charge is 0.493 e. The van der Waals surface area contributed by atoms with Crippen LogP contribution in [0.3, 0.4) is 0 Å². The van der Waals surface area contributed by atoms with Crippen molar-refractivity contribution >= 4 is 5.91 Å². The molecule has 1 saturated heterocycles. The maximum atomic E-state index is 11.8. The smallest absolute Gasteiger partial charge is 0.223 e. The Labute approximate surface area is 127 Å². The van der Waals surface area contributed by atoms with Crippen LogP contribution in [0.1, 0.15) is 30.4 Å². The van der Waals surface area contributed by atoms with Crippen molar-refractivity contribution in [2.75, 3.05) is 26.2 Å². The van der Waals surface area contributed by atoms with Crippen LogP contribution in [-0.2, 0) is 4.79 Å². The molecule has 0 bridgehead atoms. The zero-order valence-electron chi connectivity index (χ0n) is 13.1. The highest BCUT2D eigenvalue weighted by atomic mass is 16.5. The second kappa shape index (κ2) is 8.03. The first kappa shape index (κ1) is 15.8. The molecule has 0 saturated carbocycles. The first-order valence-electron chi connectivity index (χ1n) is 7.82. The van der Waals surface area contributed by atoms with Gasteiger partial charge in [-0.05, 0) is 69.0 Å². The van der Waals surface area contributed by atoms with Crippen LogP contribution < -0.4 is 15.4 Å². The molecule has 21 heavy (non-hydrogen) atoms. The summed E-state index contributed by atoms with van der Waals surface area (Å²) in [6, 6.07) is 6.01. The predicted octanol–water partition coefficient (Wildman–Crippen LogP) is 2.19.